The number of hydrogen-bond acceptors (Lipinski definition) is 22. The van der Waals surface area contributed by atoms with E-state index in [1.807, 2.05) is 280 Å². The van der Waals surface area contributed by atoms with Crippen molar-refractivity contribution in [3.8, 4) is 0 Å². The predicted octanol–water partition coefficient (Wildman–Crippen LogP) is 23.6. The van der Waals surface area contributed by atoms with Crippen molar-refractivity contribution in [3.63, 3.8) is 0 Å². The van der Waals surface area contributed by atoms with E-state index >= 15 is 0 Å². The molecule has 0 aliphatic heterocycles. The van der Waals surface area contributed by atoms with Crippen LogP contribution < -0.4 is 0 Å². The number of fused-ring (bicyclic) bond motifs is 16. The summed E-state index contributed by atoms with van der Waals surface area (Å²) < 4.78 is 6.49. The van der Waals surface area contributed by atoms with Gasteiger partial charge in [0, 0.05) is 164 Å². The number of thiophene rings is 1. The number of pyridine rings is 10. The molecule has 32 aromatic rings. The molecular weight excluding hydrogens is 1820 g/mol. The van der Waals surface area contributed by atoms with Gasteiger partial charge in [0.05, 0.1) is 141 Å². The number of para-hydroxylation sites is 7. The Morgan fingerprint density at radius 1 is 0.208 bits per heavy atom. The molecule has 704 valence electrons. The van der Waals surface area contributed by atoms with Gasteiger partial charge in [0.1, 0.15) is 27.8 Å². The third kappa shape index (κ3) is 27.7. The number of hydrogen-bond donors (Lipinski definition) is 14. The molecule has 0 amide bonds. The van der Waals surface area contributed by atoms with Crippen LogP contribution in [0.5, 0.6) is 0 Å². The largest absolute Gasteiger partial charge is 0.464 e. The Morgan fingerprint density at radius 3 is 1.33 bits per heavy atom. The van der Waals surface area contributed by atoms with Gasteiger partial charge in [-0.1, -0.05) is 97.1 Å². The summed E-state index contributed by atoms with van der Waals surface area (Å²) in [6.45, 7) is 0. The number of furan rings is 1. The van der Waals surface area contributed by atoms with Crippen molar-refractivity contribution < 1.29 is 4.42 Å². The predicted molar refractivity (Wildman–Crippen MR) is 570 cm³/mol. The fourth-order valence-corrected chi connectivity index (χ4v) is 14.4. The summed E-state index contributed by atoms with van der Waals surface area (Å²) in [7, 11) is 0. The highest BCUT2D eigenvalue weighted by molar-refractivity contribution is 7.17. The number of aromatic nitrogens is 34. The van der Waals surface area contributed by atoms with Gasteiger partial charge in [-0.25, -0.2) is 29.9 Å². The zero-order chi connectivity index (χ0) is 97.7. The molecule has 144 heavy (non-hydrogen) atoms. The van der Waals surface area contributed by atoms with Crippen molar-refractivity contribution in [3.05, 3.63) is 465 Å². The number of aromatic amines is 14. The molecule has 0 radical (unpaired) electrons. The van der Waals surface area contributed by atoms with E-state index in [1.165, 1.54) is 26.4 Å². The normalized spacial score (nSPS) is 10.2. The SMILES string of the molecule is c1cc2[nH]ccc2cn1.c1cc2[nH]ncc2cn1.c1cc2cc[nH]c2cn1.c1cc2cn[nH]c2cn1.c1cc2nc[nH]c2cn1.c1ccc2[nH]ccc2c1.c1ccc2[nH]cnc2c1.c1ccc2[nH]ncc2c1.c1ccc2n[nH]nc2c1.c1ccc2occc2c1.c1ccc2sccc2c1.c1cnc2[nH]ccc2c1.c1cnc2[nH]ncc2c1.c1cnc2cc[nH]c2c1.c1cnc2cn[nH]c2c1.c1cnc2nc[nH]c2c1. The first-order valence-electron chi connectivity index (χ1n) is 44.8. The van der Waals surface area contributed by atoms with Crippen LogP contribution in [0.4, 0.5) is 0 Å². The van der Waals surface area contributed by atoms with Crippen LogP contribution in [-0.4, -0.2) is 171 Å². The maximum Gasteiger partial charge on any atom is 0.177 e. The summed E-state index contributed by atoms with van der Waals surface area (Å²) >= 11 is 1.79. The molecule has 0 atom stereocenters. The second-order valence-electron chi connectivity index (χ2n) is 30.2. The summed E-state index contributed by atoms with van der Waals surface area (Å²) in [4.78, 5) is 76.2. The first kappa shape index (κ1) is 94.9. The summed E-state index contributed by atoms with van der Waals surface area (Å²) in [5, 5.41) is 57.4. The fourth-order valence-electron chi connectivity index (χ4n) is 13.6. The van der Waals surface area contributed by atoms with E-state index in [0.29, 0.717) is 0 Å². The highest BCUT2D eigenvalue weighted by Gasteiger charge is 2.01. The number of rotatable bonds is 0. The molecule has 0 fully saturated rings. The second kappa shape index (κ2) is 51.2. The van der Waals surface area contributed by atoms with E-state index in [0.717, 1.165) is 148 Å². The minimum Gasteiger partial charge on any atom is -0.464 e. The number of benzene rings is 6. The maximum absolute atomic E-state index is 5.12. The highest BCUT2D eigenvalue weighted by atomic mass is 32.1. The van der Waals surface area contributed by atoms with Crippen molar-refractivity contribution in [1.29, 1.82) is 0 Å². The maximum atomic E-state index is 5.12. The van der Waals surface area contributed by atoms with E-state index in [9.17, 15) is 0 Å². The Bertz CT molecular complexity index is 6630. The van der Waals surface area contributed by atoms with Gasteiger partial charge in [-0.3, -0.25) is 60.4 Å². The molecule has 0 spiro atoms. The van der Waals surface area contributed by atoms with Gasteiger partial charge < -0.3 is 44.3 Å². The van der Waals surface area contributed by atoms with Crippen LogP contribution in [0.25, 0.3) is 175 Å². The highest BCUT2D eigenvalue weighted by Crippen LogP contribution is 2.21. The quantitative estimate of drug-likeness (QED) is 0.0670. The van der Waals surface area contributed by atoms with Gasteiger partial charge in [-0.2, -0.15) is 40.9 Å². The van der Waals surface area contributed by atoms with Gasteiger partial charge in [0.15, 0.2) is 11.3 Å². The molecule has 35 nitrogen and oxygen atoms in total. The Morgan fingerprint density at radius 2 is 0.646 bits per heavy atom. The summed E-state index contributed by atoms with van der Waals surface area (Å²) in [5.41, 5.74) is 21.0. The summed E-state index contributed by atoms with van der Waals surface area (Å²) in [6, 6.07) is 91.3. The Labute approximate surface area is 821 Å². The molecule has 0 saturated heterocycles. The van der Waals surface area contributed by atoms with Crippen LogP contribution in [0.3, 0.4) is 0 Å². The molecule has 36 heteroatoms. The van der Waals surface area contributed by atoms with Crippen molar-refractivity contribution >= 4 is 186 Å². The third-order valence-electron chi connectivity index (χ3n) is 20.8. The fraction of sp³-hybridized carbons (Fsp3) is 0. The van der Waals surface area contributed by atoms with Crippen LogP contribution in [0, 0.1) is 0 Å². The van der Waals surface area contributed by atoms with Gasteiger partial charge in [-0.05, 0) is 198 Å². The topological polar surface area (TPSA) is 492 Å². The van der Waals surface area contributed by atoms with Crippen molar-refractivity contribution in [2.24, 2.45) is 0 Å². The lowest BCUT2D eigenvalue weighted by Crippen LogP contribution is -1.71. The van der Waals surface area contributed by atoms with Gasteiger partial charge in [0.2, 0.25) is 0 Å². The van der Waals surface area contributed by atoms with Crippen LogP contribution in [-0.2, 0) is 0 Å². The molecule has 0 saturated carbocycles. The Hall–Kier alpha value is -20.8. The molecule has 14 N–H and O–H groups in total. The van der Waals surface area contributed by atoms with Crippen LogP contribution >= 0.6 is 11.3 Å². The van der Waals surface area contributed by atoms with E-state index < -0.39 is 0 Å². The molecule has 26 aromatic heterocycles. The summed E-state index contributed by atoms with van der Waals surface area (Å²) in [6.07, 6.45) is 51.5. The summed E-state index contributed by atoms with van der Waals surface area (Å²) in [5.74, 6) is 0. The van der Waals surface area contributed by atoms with E-state index in [4.69, 9.17) is 4.42 Å². The minimum absolute atomic E-state index is 0.775. The lowest BCUT2D eigenvalue weighted by Gasteiger charge is -1.83. The van der Waals surface area contributed by atoms with Gasteiger partial charge in [0.25, 0.3) is 0 Å². The molecule has 0 aliphatic rings. The van der Waals surface area contributed by atoms with Crippen molar-refractivity contribution in [1.82, 2.24) is 171 Å². The molecule has 26 heterocycles. The Balaban J connectivity index is 0.000000105. The average Bonchev–Trinajstić information content (AvgIpc) is 1.87. The number of imidazole rings is 3. The third-order valence-corrected chi connectivity index (χ3v) is 21.7. The molecule has 0 unspecified atom stereocenters. The molecular formula is C108H90N34OS. The van der Waals surface area contributed by atoms with E-state index in [-0.39, 0.29) is 0 Å². The van der Waals surface area contributed by atoms with Gasteiger partial charge >= 0.3 is 0 Å². The Kier molecular flexibility index (Phi) is 33.8. The second-order valence-corrected chi connectivity index (χ2v) is 31.2. The minimum atomic E-state index is 0.775. The van der Waals surface area contributed by atoms with Crippen LogP contribution in [0.15, 0.2) is 469 Å². The monoisotopic (exact) mass is 1910 g/mol. The van der Waals surface area contributed by atoms with Crippen LogP contribution in [0.2, 0.25) is 0 Å². The molecule has 0 bridgehead atoms. The molecule has 32 rings (SSSR count). The lowest BCUT2D eigenvalue weighted by atomic mass is 10.3. The molecule has 6 aromatic carbocycles. The van der Waals surface area contributed by atoms with E-state index in [2.05, 4.69) is 225 Å². The van der Waals surface area contributed by atoms with Crippen molar-refractivity contribution in [2.75, 3.05) is 0 Å². The zero-order valence-electron chi connectivity index (χ0n) is 76.6. The van der Waals surface area contributed by atoms with Crippen LogP contribution in [0.1, 0.15) is 0 Å². The van der Waals surface area contributed by atoms with E-state index in [1.54, 1.807) is 142 Å². The first-order chi connectivity index (χ1) is 71.5. The standard InChI is InChI=1S/C8H7N.C8H6O.C8H6S.6C7H6N2.7C6H5N3/c3*1-2-4-8-7(3-1)5-6-9-8;1-4-9-7-2-3-8-5-6(1)7;1-3-8-5-7-6(1)2-4-9-7;1-2-6-7(8-4-1)3-5-9-6;1-2-6-3-5-9-7(6)8-4-1;1-2-4-7-6(3-1)8-5-9-7;1-2-4-7-6(3-1)5-8-9-7;1-2-7-3-5-4-8-9-6(1)5;1-2-7-3-6-5(1)8-4-9-6;1-2-7-4-6-5(1)3-8-9-6;1-2-5-6(7-3-1)9-4-8-5;1-2-5-6(7-3-1)4-8-9-5;1-2-5-4-8-9-6(5)7-3-1;1-2-4-6-5(3-1)7-9-8-6/h1-6,9H;2*1-6H;3*1-5,9H;3*1-5H,(H,8,9);3*1-4H,(H,8,9);1-4H,(H,7,8,9);1-4H,(H,8,9);2*1-4H,(H,7,8,9). The first-order valence-corrected chi connectivity index (χ1v) is 45.7. The van der Waals surface area contributed by atoms with Crippen molar-refractivity contribution in [2.45, 2.75) is 0 Å². The van der Waals surface area contributed by atoms with Gasteiger partial charge in [-0.15, -0.1) is 11.3 Å². The lowest BCUT2D eigenvalue weighted by molar-refractivity contribution is 0.616. The smallest absolute Gasteiger partial charge is 0.177 e. The number of H-pyrrole nitrogens is 14. The average molecular weight is 1910 g/mol. The molecule has 0 aliphatic carbocycles. The number of nitrogens with zero attached hydrogens (tertiary/aromatic N) is 20. The zero-order valence-corrected chi connectivity index (χ0v) is 77.5. The number of nitrogens with one attached hydrogen (secondary N) is 14.